The molecule has 0 N–H and O–H groups in total. The average molecular weight is 402 g/mol. The van der Waals surface area contributed by atoms with Crippen LogP contribution in [0.3, 0.4) is 0 Å². The lowest BCUT2D eigenvalue weighted by atomic mass is 10.1. The van der Waals surface area contributed by atoms with E-state index in [0.29, 0.717) is 6.04 Å². The Hall–Kier alpha value is -3.75. The molecule has 4 heterocycles. The Morgan fingerprint density at radius 2 is 1.80 bits per heavy atom. The van der Waals surface area contributed by atoms with Gasteiger partial charge in [-0.3, -0.25) is 0 Å². The van der Waals surface area contributed by atoms with E-state index in [1.807, 2.05) is 55.5 Å². The molecule has 30 heavy (non-hydrogen) atoms. The number of aryl methyl sites for hydroxylation is 1. The number of benzene rings is 1. The molecule has 1 saturated heterocycles. The third-order valence-corrected chi connectivity index (χ3v) is 5.53. The van der Waals surface area contributed by atoms with Crippen molar-refractivity contribution in [3.63, 3.8) is 0 Å². The van der Waals surface area contributed by atoms with Crippen molar-refractivity contribution in [2.75, 3.05) is 37.0 Å². The number of methoxy groups -OCH3 is 1. The molecule has 1 aliphatic heterocycles. The van der Waals surface area contributed by atoms with Crippen LogP contribution in [0.4, 0.5) is 11.6 Å². The van der Waals surface area contributed by atoms with Crippen molar-refractivity contribution in [2.45, 2.75) is 13.0 Å². The highest BCUT2D eigenvalue weighted by molar-refractivity contribution is 5.67. The van der Waals surface area contributed by atoms with Gasteiger partial charge in [-0.15, -0.1) is 25.5 Å². The van der Waals surface area contributed by atoms with Crippen molar-refractivity contribution in [1.82, 2.24) is 30.0 Å². The fraction of sp³-hybridized carbons (Fsp3) is 0.286. The minimum atomic E-state index is 0.349. The van der Waals surface area contributed by atoms with Crippen LogP contribution in [0.15, 0.2) is 48.5 Å². The number of fused-ring (bicyclic) bond motifs is 1. The molecular weight excluding hydrogens is 380 g/mol. The molecule has 5 rings (SSSR count). The van der Waals surface area contributed by atoms with Crippen LogP contribution in [0.25, 0.3) is 16.9 Å². The lowest BCUT2D eigenvalue weighted by molar-refractivity contribution is 0.416. The first-order valence-electron chi connectivity index (χ1n) is 9.78. The van der Waals surface area contributed by atoms with E-state index < -0.39 is 0 Å². The van der Waals surface area contributed by atoms with Crippen molar-refractivity contribution in [3.8, 4) is 17.0 Å². The molecule has 9 nitrogen and oxygen atoms in total. The highest BCUT2D eigenvalue weighted by atomic mass is 16.5. The van der Waals surface area contributed by atoms with Crippen LogP contribution >= 0.6 is 0 Å². The van der Waals surface area contributed by atoms with Gasteiger partial charge in [0, 0.05) is 25.7 Å². The quantitative estimate of drug-likeness (QED) is 0.502. The predicted molar refractivity (Wildman–Crippen MR) is 114 cm³/mol. The number of likely N-dealkylation sites (N-methyl/N-ethyl adjacent to an activating group) is 1. The third-order valence-electron chi connectivity index (χ3n) is 5.53. The second-order valence-corrected chi connectivity index (χ2v) is 7.36. The number of nitrogens with zero attached hydrogens (tertiary/aromatic N) is 8. The molecule has 0 aliphatic carbocycles. The summed E-state index contributed by atoms with van der Waals surface area (Å²) in [7, 11) is 3.72. The van der Waals surface area contributed by atoms with Crippen LogP contribution in [0.5, 0.6) is 5.75 Å². The Morgan fingerprint density at radius 1 is 0.967 bits per heavy atom. The first kappa shape index (κ1) is 18.3. The Morgan fingerprint density at radius 3 is 2.57 bits per heavy atom. The molecule has 0 radical (unpaired) electrons. The van der Waals surface area contributed by atoms with Crippen molar-refractivity contribution in [3.05, 3.63) is 54.4 Å². The smallest absolute Gasteiger partial charge is 0.178 e. The summed E-state index contributed by atoms with van der Waals surface area (Å²) >= 11 is 0. The fourth-order valence-corrected chi connectivity index (χ4v) is 3.64. The Balaban J connectivity index is 1.27. The lowest BCUT2D eigenvalue weighted by Gasteiger charge is -2.44. The normalized spacial score (nSPS) is 14.0. The third kappa shape index (κ3) is 3.08. The van der Waals surface area contributed by atoms with Gasteiger partial charge in [0.1, 0.15) is 11.6 Å². The summed E-state index contributed by atoms with van der Waals surface area (Å²) in [6, 6.07) is 16.1. The summed E-state index contributed by atoms with van der Waals surface area (Å²) in [6.07, 6.45) is 0. The molecule has 0 amide bonds. The van der Waals surface area contributed by atoms with Crippen LogP contribution in [0, 0.1) is 6.92 Å². The Kier molecular flexibility index (Phi) is 4.42. The first-order chi connectivity index (χ1) is 14.6. The molecule has 0 unspecified atom stereocenters. The van der Waals surface area contributed by atoms with Gasteiger partial charge >= 0.3 is 0 Å². The number of hydrogen-bond donors (Lipinski definition) is 0. The Bertz CT molecular complexity index is 1180. The highest BCUT2D eigenvalue weighted by Crippen LogP contribution is 2.29. The molecule has 0 bridgehead atoms. The van der Waals surface area contributed by atoms with Gasteiger partial charge in [0.05, 0.1) is 18.8 Å². The van der Waals surface area contributed by atoms with E-state index in [1.54, 1.807) is 11.6 Å². The van der Waals surface area contributed by atoms with Gasteiger partial charge in [0.2, 0.25) is 0 Å². The summed E-state index contributed by atoms with van der Waals surface area (Å²) in [5.74, 6) is 3.34. The molecule has 9 heteroatoms. The van der Waals surface area contributed by atoms with Gasteiger partial charge in [0.25, 0.3) is 0 Å². The van der Waals surface area contributed by atoms with Crippen molar-refractivity contribution in [1.29, 1.82) is 0 Å². The Labute approximate surface area is 173 Å². The maximum atomic E-state index is 5.42. The van der Waals surface area contributed by atoms with Crippen LogP contribution in [0.2, 0.25) is 0 Å². The number of ether oxygens (including phenoxy) is 1. The molecule has 0 atom stereocenters. The maximum Gasteiger partial charge on any atom is 0.178 e. The minimum absolute atomic E-state index is 0.349. The van der Waals surface area contributed by atoms with E-state index in [-0.39, 0.29) is 0 Å². The van der Waals surface area contributed by atoms with E-state index in [0.717, 1.165) is 53.2 Å². The van der Waals surface area contributed by atoms with E-state index in [1.165, 1.54) is 0 Å². The lowest BCUT2D eigenvalue weighted by Crippen LogP contribution is -2.59. The van der Waals surface area contributed by atoms with E-state index in [4.69, 9.17) is 4.74 Å². The number of anilines is 2. The van der Waals surface area contributed by atoms with Crippen LogP contribution < -0.4 is 14.5 Å². The van der Waals surface area contributed by atoms with Gasteiger partial charge < -0.3 is 14.5 Å². The van der Waals surface area contributed by atoms with Gasteiger partial charge in [-0.2, -0.15) is 4.52 Å². The summed E-state index contributed by atoms with van der Waals surface area (Å²) in [6.45, 7) is 3.62. The highest BCUT2D eigenvalue weighted by Gasteiger charge is 2.32. The van der Waals surface area contributed by atoms with Crippen molar-refractivity contribution < 1.29 is 4.74 Å². The molecule has 3 aromatic heterocycles. The fourth-order valence-electron chi connectivity index (χ4n) is 3.64. The monoisotopic (exact) mass is 402 g/mol. The van der Waals surface area contributed by atoms with Gasteiger partial charge in [-0.1, -0.05) is 12.1 Å². The molecule has 1 aromatic carbocycles. The predicted octanol–water partition coefficient (Wildman–Crippen LogP) is 2.22. The largest absolute Gasteiger partial charge is 0.496 e. The standard InChI is InChI=1S/C21H22N8O/c1-14-22-25-20-10-11-21(26-29(14)20)27(2)15-12-28(13-15)19-9-8-17(23-24-19)16-6-4-5-7-18(16)30-3/h4-11,15H,12-13H2,1-3H3. The number of rotatable bonds is 5. The van der Waals surface area contributed by atoms with E-state index in [2.05, 4.69) is 42.3 Å². The maximum absolute atomic E-state index is 5.42. The van der Waals surface area contributed by atoms with Gasteiger partial charge in [-0.25, -0.2) is 0 Å². The second-order valence-electron chi connectivity index (χ2n) is 7.36. The number of para-hydroxylation sites is 1. The second kappa shape index (κ2) is 7.25. The zero-order valence-corrected chi connectivity index (χ0v) is 17.1. The topological polar surface area (TPSA) is 84.6 Å². The van der Waals surface area contributed by atoms with Gasteiger partial charge in [0.15, 0.2) is 17.3 Å². The van der Waals surface area contributed by atoms with E-state index in [9.17, 15) is 0 Å². The summed E-state index contributed by atoms with van der Waals surface area (Å²) in [4.78, 5) is 4.40. The summed E-state index contributed by atoms with van der Waals surface area (Å²) in [5.41, 5.74) is 2.49. The van der Waals surface area contributed by atoms with Crippen LogP contribution in [0.1, 0.15) is 5.82 Å². The zero-order valence-electron chi connectivity index (χ0n) is 17.1. The number of aromatic nitrogens is 6. The summed E-state index contributed by atoms with van der Waals surface area (Å²) in [5, 5.41) is 21.7. The first-order valence-corrected chi connectivity index (χ1v) is 9.78. The molecule has 1 aliphatic rings. The van der Waals surface area contributed by atoms with Crippen LogP contribution in [-0.2, 0) is 0 Å². The SMILES string of the molecule is COc1ccccc1-c1ccc(N2CC(N(C)c3ccc4nnc(C)n4n3)C2)nn1. The molecule has 4 aromatic rings. The molecule has 0 saturated carbocycles. The average Bonchev–Trinajstić information content (AvgIpc) is 3.13. The number of hydrogen-bond acceptors (Lipinski definition) is 8. The summed E-state index contributed by atoms with van der Waals surface area (Å²) < 4.78 is 7.19. The van der Waals surface area contributed by atoms with Crippen molar-refractivity contribution >= 4 is 17.3 Å². The zero-order chi connectivity index (χ0) is 20.7. The van der Waals surface area contributed by atoms with Crippen molar-refractivity contribution in [2.24, 2.45) is 0 Å². The minimum Gasteiger partial charge on any atom is -0.496 e. The van der Waals surface area contributed by atoms with Crippen LogP contribution in [-0.4, -0.2) is 63.3 Å². The molecular formula is C21H22N8O. The van der Waals surface area contributed by atoms with E-state index >= 15 is 0 Å². The van der Waals surface area contributed by atoms with Gasteiger partial charge in [-0.05, 0) is 43.3 Å². The molecule has 0 spiro atoms. The molecule has 152 valence electrons. The molecule has 1 fully saturated rings.